The highest BCUT2D eigenvalue weighted by molar-refractivity contribution is 9.10. The minimum atomic E-state index is -0.238. The van der Waals surface area contributed by atoms with Gasteiger partial charge in [-0.15, -0.1) is 0 Å². The normalized spacial score (nSPS) is 10.4. The molecule has 1 N–H and O–H groups in total. The maximum Gasteiger partial charge on any atom is 0.139 e. The minimum absolute atomic E-state index is 0.238. The summed E-state index contributed by atoms with van der Waals surface area (Å²) in [5, 5.41) is 1.87. The van der Waals surface area contributed by atoms with Gasteiger partial charge >= 0.3 is 0 Å². The summed E-state index contributed by atoms with van der Waals surface area (Å²) in [5.74, 6) is -0.238. The second-order valence-electron chi connectivity index (χ2n) is 3.15. The van der Waals surface area contributed by atoms with Crippen LogP contribution in [0.3, 0.4) is 0 Å². The van der Waals surface area contributed by atoms with Gasteiger partial charge in [-0.05, 0) is 48.1 Å². The van der Waals surface area contributed by atoms with Gasteiger partial charge in [0.25, 0.3) is 0 Å². The molecule has 0 fully saturated rings. The summed E-state index contributed by atoms with van der Waals surface area (Å²) < 4.78 is 21.3. The Labute approximate surface area is 110 Å². The van der Waals surface area contributed by atoms with E-state index in [2.05, 4.69) is 25.0 Å². The molecule has 0 unspecified atom stereocenters. The highest BCUT2D eigenvalue weighted by Gasteiger charge is 2.06. The summed E-state index contributed by atoms with van der Waals surface area (Å²) in [4.78, 5) is 0.576. The van der Waals surface area contributed by atoms with Gasteiger partial charge in [0.2, 0.25) is 0 Å². The number of hydrogen-bond donors (Lipinski definition) is 1. The Morgan fingerprint density at radius 1 is 1.50 bits per heavy atom. The van der Waals surface area contributed by atoms with Gasteiger partial charge in [-0.25, -0.2) is 4.39 Å². The monoisotopic (exact) mass is 318 g/mol. The number of benzene rings is 1. The minimum Gasteiger partial charge on any atom is -0.323 e. The lowest BCUT2D eigenvalue weighted by Crippen LogP contribution is -1.89. The van der Waals surface area contributed by atoms with E-state index in [0.29, 0.717) is 4.90 Å². The van der Waals surface area contributed by atoms with Gasteiger partial charge in [0.1, 0.15) is 5.82 Å². The van der Waals surface area contributed by atoms with Crippen molar-refractivity contribution < 1.29 is 4.39 Å². The van der Waals surface area contributed by atoms with Crippen molar-refractivity contribution in [2.75, 3.05) is 4.72 Å². The fraction of sp³-hybridized carbons (Fsp3) is 0.100. The van der Waals surface area contributed by atoms with Gasteiger partial charge in [0.15, 0.2) is 0 Å². The molecule has 1 aromatic heterocycles. The summed E-state index contributed by atoms with van der Waals surface area (Å²) in [7, 11) is 0. The Morgan fingerprint density at radius 3 is 3.00 bits per heavy atom. The molecule has 16 heavy (non-hydrogen) atoms. The molecule has 0 spiro atoms. The first-order chi connectivity index (χ1) is 7.66. The highest BCUT2D eigenvalue weighted by Crippen LogP contribution is 2.28. The van der Waals surface area contributed by atoms with Crippen LogP contribution >= 0.6 is 39.4 Å². The lowest BCUT2D eigenvalue weighted by molar-refractivity contribution is 0.600. The van der Waals surface area contributed by atoms with E-state index in [9.17, 15) is 4.39 Å². The zero-order chi connectivity index (χ0) is 11.5. The van der Waals surface area contributed by atoms with Crippen LogP contribution in [-0.2, 0) is 0 Å². The van der Waals surface area contributed by atoms with Crippen molar-refractivity contribution in [1.29, 1.82) is 0 Å². The molecule has 6 heteroatoms. The lowest BCUT2D eigenvalue weighted by atomic mass is 10.2. The summed E-state index contributed by atoms with van der Waals surface area (Å²) in [6.45, 7) is 1.93. The van der Waals surface area contributed by atoms with Crippen LogP contribution in [0.25, 0.3) is 0 Å². The van der Waals surface area contributed by atoms with E-state index < -0.39 is 0 Å². The number of halogens is 2. The molecule has 0 saturated heterocycles. The maximum absolute atomic E-state index is 13.6. The number of aryl methyl sites for hydroxylation is 1. The predicted octanol–water partition coefficient (Wildman–Crippen LogP) is 4.47. The van der Waals surface area contributed by atoms with Crippen LogP contribution in [0.5, 0.6) is 0 Å². The average Bonchev–Trinajstić information content (AvgIpc) is 2.74. The standard InChI is InChI=1S/C10H8BrFN2S2/c1-6-2-10(9(12)3-8(6)11)16-14-7-4-13-15-5-7/h2-5,14H,1H3. The zero-order valence-electron chi connectivity index (χ0n) is 8.33. The van der Waals surface area contributed by atoms with Gasteiger partial charge in [0.05, 0.1) is 16.8 Å². The van der Waals surface area contributed by atoms with Crippen molar-refractivity contribution in [3.05, 3.63) is 39.6 Å². The summed E-state index contributed by atoms with van der Waals surface area (Å²) >= 11 is 5.90. The molecule has 1 aromatic carbocycles. The topological polar surface area (TPSA) is 24.9 Å². The second-order valence-corrected chi connectivity index (χ2v) is 5.51. The van der Waals surface area contributed by atoms with Gasteiger partial charge in [-0.2, -0.15) is 4.37 Å². The van der Waals surface area contributed by atoms with Gasteiger partial charge in [-0.1, -0.05) is 15.9 Å². The first kappa shape index (κ1) is 11.9. The highest BCUT2D eigenvalue weighted by atomic mass is 79.9. The summed E-state index contributed by atoms with van der Waals surface area (Å²) in [6, 6.07) is 3.28. The number of anilines is 1. The summed E-state index contributed by atoms with van der Waals surface area (Å²) in [6.07, 6.45) is 1.71. The molecule has 0 aliphatic rings. The third-order valence-corrected chi connectivity index (χ3v) is 4.24. The Bertz CT molecular complexity index is 488. The van der Waals surface area contributed by atoms with Gasteiger partial charge in [0, 0.05) is 9.85 Å². The van der Waals surface area contributed by atoms with Crippen molar-refractivity contribution in [2.45, 2.75) is 11.8 Å². The van der Waals surface area contributed by atoms with Crippen molar-refractivity contribution >= 4 is 45.1 Å². The molecular weight excluding hydrogens is 311 g/mol. The van der Waals surface area contributed by atoms with Gasteiger partial charge in [-0.3, -0.25) is 0 Å². The van der Waals surface area contributed by atoms with Crippen LogP contribution in [0.15, 0.2) is 33.1 Å². The van der Waals surface area contributed by atoms with E-state index in [1.165, 1.54) is 29.5 Å². The lowest BCUT2D eigenvalue weighted by Gasteiger charge is -2.06. The fourth-order valence-corrected chi connectivity index (χ4v) is 2.67. The van der Waals surface area contributed by atoms with Gasteiger partial charge < -0.3 is 4.72 Å². The molecule has 0 radical (unpaired) electrons. The molecule has 0 amide bonds. The average molecular weight is 319 g/mol. The van der Waals surface area contributed by atoms with Crippen LogP contribution < -0.4 is 4.72 Å². The molecule has 0 aliphatic carbocycles. The van der Waals surface area contributed by atoms with E-state index >= 15 is 0 Å². The zero-order valence-corrected chi connectivity index (χ0v) is 11.5. The van der Waals surface area contributed by atoms with Crippen molar-refractivity contribution in [3.63, 3.8) is 0 Å². The number of hydrogen-bond acceptors (Lipinski definition) is 4. The smallest absolute Gasteiger partial charge is 0.139 e. The quantitative estimate of drug-likeness (QED) is 0.845. The molecule has 0 bridgehead atoms. The van der Waals surface area contributed by atoms with E-state index in [1.807, 2.05) is 12.3 Å². The van der Waals surface area contributed by atoms with Crippen LogP contribution in [0, 0.1) is 12.7 Å². The second kappa shape index (κ2) is 5.16. The van der Waals surface area contributed by atoms with E-state index in [4.69, 9.17) is 0 Å². The first-order valence-corrected chi connectivity index (χ1v) is 6.89. The molecule has 1 heterocycles. The van der Waals surface area contributed by atoms with Crippen LogP contribution in [0.1, 0.15) is 5.56 Å². The van der Waals surface area contributed by atoms with Crippen LogP contribution in [-0.4, -0.2) is 4.37 Å². The van der Waals surface area contributed by atoms with E-state index in [0.717, 1.165) is 15.7 Å². The van der Waals surface area contributed by atoms with Crippen LogP contribution in [0.2, 0.25) is 0 Å². The first-order valence-electron chi connectivity index (χ1n) is 4.44. The fourth-order valence-electron chi connectivity index (χ4n) is 1.08. The largest absolute Gasteiger partial charge is 0.323 e. The molecule has 0 aliphatic heterocycles. The molecule has 2 nitrogen and oxygen atoms in total. The molecule has 2 aromatic rings. The van der Waals surface area contributed by atoms with Crippen molar-refractivity contribution in [2.24, 2.45) is 0 Å². The van der Waals surface area contributed by atoms with Crippen molar-refractivity contribution in [1.82, 2.24) is 4.37 Å². The number of rotatable bonds is 3. The van der Waals surface area contributed by atoms with E-state index in [-0.39, 0.29) is 5.82 Å². The number of aromatic nitrogens is 1. The third kappa shape index (κ3) is 2.75. The van der Waals surface area contributed by atoms with Crippen molar-refractivity contribution in [3.8, 4) is 0 Å². The summed E-state index contributed by atoms with van der Waals surface area (Å²) in [5.41, 5.74) is 1.89. The number of nitrogens with one attached hydrogen (secondary N) is 1. The number of nitrogens with zero attached hydrogens (tertiary/aromatic N) is 1. The Hall–Kier alpha value is -0.590. The maximum atomic E-state index is 13.6. The molecular formula is C10H8BrFN2S2. The Kier molecular flexibility index (Phi) is 3.83. The van der Waals surface area contributed by atoms with E-state index in [1.54, 1.807) is 12.3 Å². The molecule has 84 valence electrons. The Morgan fingerprint density at radius 2 is 2.31 bits per heavy atom. The molecule has 2 rings (SSSR count). The third-order valence-electron chi connectivity index (χ3n) is 1.92. The Balaban J connectivity index is 2.12. The molecule has 0 atom stereocenters. The molecule has 0 saturated carbocycles. The predicted molar refractivity (Wildman–Crippen MR) is 70.4 cm³/mol. The van der Waals surface area contributed by atoms with Crippen LogP contribution in [0.4, 0.5) is 10.1 Å². The SMILES string of the molecule is Cc1cc(SNc2cnsc2)c(F)cc1Br.